The van der Waals surface area contributed by atoms with E-state index in [9.17, 15) is 0 Å². The number of nitrogens with one attached hydrogen (secondary N) is 1. The van der Waals surface area contributed by atoms with E-state index in [1.165, 1.54) is 6.42 Å². The minimum atomic E-state index is 0.339. The monoisotopic (exact) mass is 258 g/mol. The van der Waals surface area contributed by atoms with Crippen LogP contribution in [0.3, 0.4) is 0 Å². The fourth-order valence-corrected chi connectivity index (χ4v) is 2.08. The van der Waals surface area contributed by atoms with Crippen molar-refractivity contribution in [3.8, 4) is 0 Å². The topological polar surface area (TPSA) is 24.5 Å². The highest BCUT2D eigenvalue weighted by Crippen LogP contribution is 2.22. The molecule has 2 atom stereocenters. The van der Waals surface area contributed by atoms with Crippen molar-refractivity contribution in [2.45, 2.75) is 47.1 Å². The second-order valence-corrected chi connectivity index (χ2v) is 6.41. The molecule has 0 aliphatic heterocycles. The van der Waals surface area contributed by atoms with Gasteiger partial charge in [-0.2, -0.15) is 0 Å². The van der Waals surface area contributed by atoms with Gasteiger partial charge in [-0.3, -0.25) is 0 Å². The molecule has 0 rings (SSSR count). The predicted octanol–water partition coefficient (Wildman–Crippen LogP) is 2.62. The first kappa shape index (κ1) is 17.9. The molecule has 0 aromatic rings. The Morgan fingerprint density at radius 3 is 2.33 bits per heavy atom. The van der Waals surface area contributed by atoms with Crippen LogP contribution in [0.15, 0.2) is 0 Å². The van der Waals surface area contributed by atoms with Gasteiger partial charge in [0.05, 0.1) is 6.61 Å². The summed E-state index contributed by atoms with van der Waals surface area (Å²) in [6.45, 7) is 15.5. The van der Waals surface area contributed by atoms with Gasteiger partial charge in [0.25, 0.3) is 0 Å². The van der Waals surface area contributed by atoms with Crippen molar-refractivity contribution in [2.24, 2.45) is 11.3 Å². The number of ether oxygens (including phenoxy) is 1. The van der Waals surface area contributed by atoms with Gasteiger partial charge in [-0.05, 0) is 38.3 Å². The van der Waals surface area contributed by atoms with E-state index in [4.69, 9.17) is 4.74 Å². The van der Waals surface area contributed by atoms with Crippen LogP contribution < -0.4 is 5.32 Å². The number of likely N-dealkylation sites (N-methyl/N-ethyl adjacent to an activating group) is 1. The highest BCUT2D eigenvalue weighted by molar-refractivity contribution is 4.80. The fourth-order valence-electron chi connectivity index (χ4n) is 2.08. The van der Waals surface area contributed by atoms with Gasteiger partial charge in [0, 0.05) is 26.2 Å². The summed E-state index contributed by atoms with van der Waals surface area (Å²) in [5.74, 6) is 0.719. The summed E-state index contributed by atoms with van der Waals surface area (Å²) in [7, 11) is 3.97. The molecule has 3 nitrogen and oxygen atoms in total. The van der Waals surface area contributed by atoms with Crippen molar-refractivity contribution >= 4 is 0 Å². The number of rotatable bonds is 10. The van der Waals surface area contributed by atoms with Gasteiger partial charge in [0.2, 0.25) is 0 Å². The van der Waals surface area contributed by atoms with E-state index in [0.29, 0.717) is 11.5 Å². The van der Waals surface area contributed by atoms with Gasteiger partial charge in [-0.1, -0.05) is 27.7 Å². The lowest BCUT2D eigenvalue weighted by Crippen LogP contribution is -2.45. The predicted molar refractivity (Wildman–Crippen MR) is 80.1 cm³/mol. The molecule has 110 valence electrons. The maximum Gasteiger partial charge on any atom is 0.0615 e. The molecular weight excluding hydrogens is 224 g/mol. The minimum absolute atomic E-state index is 0.339. The quantitative estimate of drug-likeness (QED) is 0.652. The van der Waals surface area contributed by atoms with Crippen molar-refractivity contribution in [3.63, 3.8) is 0 Å². The Labute approximate surface area is 114 Å². The van der Waals surface area contributed by atoms with Crippen molar-refractivity contribution in [2.75, 3.05) is 40.4 Å². The van der Waals surface area contributed by atoms with Crippen molar-refractivity contribution < 1.29 is 4.74 Å². The third-order valence-corrected chi connectivity index (χ3v) is 3.75. The molecular formula is C15H34N2O. The molecule has 1 N–H and O–H groups in total. The number of hydrogen-bond acceptors (Lipinski definition) is 3. The van der Waals surface area contributed by atoms with Gasteiger partial charge in [-0.25, -0.2) is 0 Å². The second kappa shape index (κ2) is 8.89. The zero-order valence-corrected chi connectivity index (χ0v) is 13.5. The fraction of sp³-hybridized carbons (Fsp3) is 1.00. The average Bonchev–Trinajstić information content (AvgIpc) is 2.28. The molecule has 0 aromatic heterocycles. The Bertz CT molecular complexity index is 209. The van der Waals surface area contributed by atoms with Crippen molar-refractivity contribution in [1.29, 1.82) is 0 Å². The van der Waals surface area contributed by atoms with Gasteiger partial charge in [-0.15, -0.1) is 0 Å². The number of hydrogen-bond donors (Lipinski definition) is 1. The zero-order chi connectivity index (χ0) is 14.2. The van der Waals surface area contributed by atoms with Crippen LogP contribution in [0.2, 0.25) is 0 Å². The molecule has 0 fully saturated rings. The summed E-state index contributed by atoms with van der Waals surface area (Å²) in [5, 5.41) is 3.59. The lowest BCUT2D eigenvalue weighted by molar-refractivity contribution is 0.0834. The molecule has 3 heteroatoms. The molecule has 0 spiro atoms. The van der Waals surface area contributed by atoms with Gasteiger partial charge < -0.3 is 15.0 Å². The summed E-state index contributed by atoms with van der Waals surface area (Å²) >= 11 is 0. The van der Waals surface area contributed by atoms with Crippen LogP contribution in [0.5, 0.6) is 0 Å². The van der Waals surface area contributed by atoms with E-state index in [2.05, 4.69) is 51.9 Å². The van der Waals surface area contributed by atoms with E-state index < -0.39 is 0 Å². The molecule has 0 saturated carbocycles. The molecule has 0 amide bonds. The van der Waals surface area contributed by atoms with E-state index in [1.807, 2.05) is 0 Å². The summed E-state index contributed by atoms with van der Waals surface area (Å²) in [6, 6.07) is 0.478. The van der Waals surface area contributed by atoms with Crippen LogP contribution >= 0.6 is 0 Å². The molecule has 0 heterocycles. The highest BCUT2D eigenvalue weighted by atomic mass is 16.5. The Morgan fingerprint density at radius 2 is 1.89 bits per heavy atom. The summed E-state index contributed by atoms with van der Waals surface area (Å²) < 4.78 is 5.23. The first-order valence-corrected chi connectivity index (χ1v) is 7.24. The highest BCUT2D eigenvalue weighted by Gasteiger charge is 2.25. The summed E-state index contributed by atoms with van der Waals surface area (Å²) in [4.78, 5) is 2.41. The van der Waals surface area contributed by atoms with Crippen LogP contribution in [-0.4, -0.2) is 51.3 Å². The minimum Gasteiger partial charge on any atom is -0.383 e. The van der Waals surface area contributed by atoms with Crippen LogP contribution in [0, 0.1) is 11.3 Å². The van der Waals surface area contributed by atoms with Crippen molar-refractivity contribution in [3.05, 3.63) is 0 Å². The Morgan fingerprint density at radius 1 is 1.28 bits per heavy atom. The number of methoxy groups -OCH3 is 1. The maximum absolute atomic E-state index is 5.23. The second-order valence-electron chi connectivity index (χ2n) is 6.41. The Kier molecular flexibility index (Phi) is 8.83. The first-order chi connectivity index (χ1) is 8.34. The summed E-state index contributed by atoms with van der Waals surface area (Å²) in [5.41, 5.74) is 0.339. The molecule has 0 saturated heterocycles. The van der Waals surface area contributed by atoms with E-state index in [-0.39, 0.29) is 0 Å². The maximum atomic E-state index is 5.23. The number of nitrogens with zero attached hydrogens (tertiary/aromatic N) is 1. The third kappa shape index (κ3) is 7.34. The van der Waals surface area contributed by atoms with Crippen molar-refractivity contribution in [1.82, 2.24) is 10.2 Å². The molecule has 0 radical (unpaired) electrons. The smallest absolute Gasteiger partial charge is 0.0615 e. The van der Waals surface area contributed by atoms with Crippen LogP contribution in [0.1, 0.15) is 41.0 Å². The molecule has 0 bridgehead atoms. The first-order valence-electron chi connectivity index (χ1n) is 7.24. The van der Waals surface area contributed by atoms with Crippen LogP contribution in [0.4, 0.5) is 0 Å². The third-order valence-electron chi connectivity index (χ3n) is 3.75. The van der Waals surface area contributed by atoms with Gasteiger partial charge in [0.15, 0.2) is 0 Å². The van der Waals surface area contributed by atoms with E-state index in [0.717, 1.165) is 32.2 Å². The standard InChI is InChI=1S/C15H34N2O/c1-8-15(5,11-16-9-13(2)3)12-17(6)14(4)10-18-7/h13-14,16H,8-12H2,1-7H3. The van der Waals surface area contributed by atoms with Gasteiger partial charge >= 0.3 is 0 Å². The lowest BCUT2D eigenvalue weighted by Gasteiger charge is -2.36. The molecule has 0 aliphatic carbocycles. The largest absolute Gasteiger partial charge is 0.383 e. The molecule has 0 aromatic carbocycles. The van der Waals surface area contributed by atoms with E-state index >= 15 is 0 Å². The normalized spacial score (nSPS) is 17.2. The van der Waals surface area contributed by atoms with Crippen LogP contribution in [0.25, 0.3) is 0 Å². The molecule has 0 aliphatic rings. The Hall–Kier alpha value is -0.120. The lowest BCUT2D eigenvalue weighted by atomic mass is 9.86. The zero-order valence-electron chi connectivity index (χ0n) is 13.5. The summed E-state index contributed by atoms with van der Waals surface area (Å²) in [6.07, 6.45) is 1.20. The molecule has 2 unspecified atom stereocenters. The molecule has 18 heavy (non-hydrogen) atoms. The SMILES string of the molecule is CCC(C)(CNCC(C)C)CN(C)C(C)COC. The van der Waals surface area contributed by atoms with Crippen LogP contribution in [-0.2, 0) is 4.74 Å². The van der Waals surface area contributed by atoms with Gasteiger partial charge in [0.1, 0.15) is 0 Å². The Balaban J connectivity index is 4.19. The average molecular weight is 258 g/mol. The van der Waals surface area contributed by atoms with E-state index in [1.54, 1.807) is 7.11 Å².